The minimum atomic E-state index is -5.02. The number of amides is 2. The van der Waals surface area contributed by atoms with E-state index in [1.165, 1.54) is 64.2 Å². The number of carbonyl (C=O) groups excluding carboxylic acids is 2. The molecule has 27 nitrogen and oxygen atoms in total. The van der Waals surface area contributed by atoms with Crippen molar-refractivity contribution in [3.8, 4) is 34.4 Å². The summed E-state index contributed by atoms with van der Waals surface area (Å²) in [5.41, 5.74) is -4.37. The van der Waals surface area contributed by atoms with Crippen LogP contribution in [0.25, 0.3) is 34.4 Å². The molecule has 6 fully saturated rings. The number of aliphatic hydroxyl groups is 2. The number of nitrogens with one attached hydrogen (secondary N) is 2. The molecule has 2 amide bonds. The van der Waals surface area contributed by atoms with E-state index in [0.717, 1.165) is 107 Å². The molecular weight excluding hydrogens is 1750 g/mol. The summed E-state index contributed by atoms with van der Waals surface area (Å²) in [7, 11) is 0. The maximum absolute atomic E-state index is 13.0. The highest BCUT2D eigenvalue weighted by Gasteiger charge is 2.59. The number of aliphatic carboxylic acids is 1. The zero-order valence-electron chi connectivity index (χ0n) is 78.1. The van der Waals surface area contributed by atoms with Gasteiger partial charge in [-0.1, -0.05) is 149 Å². The SMILES string of the molecule is CC(C)(C(=O)O)c1ccncc1.CC(C)(c1ccncc1)c1nnc(-c2ccccc2)o1.CC(C)(c1nnc(-c2ccccc2)o1)C1CCN(C(=O)[C@@](C)(O)C(F)(F)F)CC1.CC(C)(c1nnc(-c2ccccc2)o1)C1CCNCC1.CC(C)(c1nnc(C2CCCCC2)o1)C1CCN(C(=O)[C@@](C)(O)C(F)(F)F)CC1.CC(C)(c1nnc(C2CCCCC2)o1)C1CCNCC1.Cl.Cl. The van der Waals surface area contributed by atoms with Gasteiger partial charge in [0.05, 0.1) is 10.8 Å². The van der Waals surface area contributed by atoms with Gasteiger partial charge in [-0.05, 0) is 240 Å². The highest BCUT2D eigenvalue weighted by atomic mass is 35.5. The van der Waals surface area contributed by atoms with E-state index in [9.17, 15) is 50.9 Å². The predicted molar refractivity (Wildman–Crippen MR) is 490 cm³/mol. The van der Waals surface area contributed by atoms with Crippen LogP contribution in [-0.2, 0) is 46.9 Å². The average Bonchev–Trinajstić information content (AvgIpc) is 1.12. The van der Waals surface area contributed by atoms with Crippen LogP contribution in [0.1, 0.15) is 277 Å². The lowest BCUT2D eigenvalue weighted by molar-refractivity contribution is -0.251. The van der Waals surface area contributed by atoms with Gasteiger partial charge in [0, 0.05) is 101 Å². The fourth-order valence-corrected chi connectivity index (χ4v) is 17.6. The van der Waals surface area contributed by atoms with Crippen molar-refractivity contribution in [2.45, 2.75) is 280 Å². The number of carboxylic acids is 1. The summed E-state index contributed by atoms with van der Waals surface area (Å²) in [6.07, 6.45) is 15.5. The summed E-state index contributed by atoms with van der Waals surface area (Å²) >= 11 is 0. The molecule has 720 valence electrons. The van der Waals surface area contributed by atoms with E-state index in [0.29, 0.717) is 104 Å². The Morgan fingerprint density at radius 1 is 0.348 bits per heavy atom. The van der Waals surface area contributed by atoms with Crippen LogP contribution in [0.5, 0.6) is 0 Å². The average molecular weight is 1880 g/mol. The molecule has 11 heterocycles. The number of nitrogens with zero attached hydrogens (tertiary/aromatic N) is 14. The largest absolute Gasteiger partial charge is 0.481 e. The van der Waals surface area contributed by atoms with Gasteiger partial charge in [0.15, 0.2) is 0 Å². The highest BCUT2D eigenvalue weighted by molar-refractivity contribution is 5.86. The third kappa shape index (κ3) is 25.8. The van der Waals surface area contributed by atoms with E-state index in [2.05, 4.69) is 113 Å². The third-order valence-corrected chi connectivity index (χ3v) is 27.5. The van der Waals surface area contributed by atoms with Crippen LogP contribution in [0.4, 0.5) is 26.3 Å². The number of hydrogen-bond acceptors (Lipinski definition) is 24. The van der Waals surface area contributed by atoms with Crippen LogP contribution >= 0.6 is 24.8 Å². The van der Waals surface area contributed by atoms with Gasteiger partial charge in [-0.2, -0.15) is 26.3 Å². The summed E-state index contributed by atoms with van der Waals surface area (Å²) in [6, 6.07) is 36.4. The van der Waals surface area contributed by atoms with Gasteiger partial charge in [-0.3, -0.25) is 24.4 Å². The van der Waals surface area contributed by atoms with Crippen LogP contribution in [-0.4, -0.2) is 180 Å². The van der Waals surface area contributed by atoms with Crippen LogP contribution in [0.3, 0.4) is 0 Å². The van der Waals surface area contributed by atoms with E-state index in [1.807, 2.05) is 131 Å². The van der Waals surface area contributed by atoms with Crippen LogP contribution < -0.4 is 10.6 Å². The number of piperidine rings is 4. The molecule has 4 aliphatic heterocycles. The predicted octanol–water partition coefficient (Wildman–Crippen LogP) is 19.7. The molecule has 0 radical (unpaired) electrons. The second kappa shape index (κ2) is 45.4. The Hall–Kier alpha value is -9.93. The fraction of sp³-hybridized carbons (Fsp3) is 0.577. The van der Waals surface area contributed by atoms with Crippen molar-refractivity contribution in [3.63, 3.8) is 0 Å². The molecule has 6 aliphatic rings. The number of hydrogen-bond donors (Lipinski definition) is 5. The number of aromatic nitrogens is 12. The maximum atomic E-state index is 13.0. The number of carbonyl (C=O) groups is 3. The molecule has 2 aliphatic carbocycles. The van der Waals surface area contributed by atoms with Crippen molar-refractivity contribution in [1.82, 2.24) is 81.4 Å². The fourth-order valence-electron chi connectivity index (χ4n) is 17.6. The summed E-state index contributed by atoms with van der Waals surface area (Å²) in [5, 5.41) is 77.5. The lowest BCUT2D eigenvalue weighted by atomic mass is 9.73. The Morgan fingerprint density at radius 3 is 0.924 bits per heavy atom. The van der Waals surface area contributed by atoms with Crippen molar-refractivity contribution >= 4 is 42.6 Å². The monoisotopic (exact) mass is 1880 g/mol. The van der Waals surface area contributed by atoms with Gasteiger partial charge in [0.1, 0.15) is 0 Å². The van der Waals surface area contributed by atoms with Gasteiger partial charge in [0.2, 0.25) is 70.1 Å². The molecule has 7 aromatic heterocycles. The second-order valence-corrected chi connectivity index (χ2v) is 38.6. The Kier molecular flexibility index (Phi) is 36.4. The number of benzene rings is 3. The number of likely N-dealkylation sites (tertiary alicyclic amines) is 2. The number of carboxylic acid groups (broad SMARTS) is 1. The summed E-state index contributed by atoms with van der Waals surface area (Å²) in [4.78, 5) is 45.2. The van der Waals surface area contributed by atoms with Crippen molar-refractivity contribution < 1.29 is 78.1 Å². The van der Waals surface area contributed by atoms with Crippen molar-refractivity contribution in [3.05, 3.63) is 192 Å². The van der Waals surface area contributed by atoms with Gasteiger partial charge in [0.25, 0.3) is 11.8 Å². The molecule has 0 unspecified atom stereocenters. The van der Waals surface area contributed by atoms with E-state index >= 15 is 0 Å². The topological polar surface area (TPSA) is 363 Å². The van der Waals surface area contributed by atoms with Crippen LogP contribution in [0, 0.1) is 23.7 Å². The first-order chi connectivity index (χ1) is 61.5. The van der Waals surface area contributed by atoms with Crippen molar-refractivity contribution in [2.75, 3.05) is 52.4 Å². The Morgan fingerprint density at radius 2 is 0.621 bits per heavy atom. The molecule has 4 saturated heterocycles. The van der Waals surface area contributed by atoms with Gasteiger partial charge < -0.3 is 57.8 Å². The Labute approximate surface area is 781 Å². The normalized spacial score (nSPS) is 17.9. The first-order valence-corrected chi connectivity index (χ1v) is 45.5. The second-order valence-electron chi connectivity index (χ2n) is 38.6. The van der Waals surface area contributed by atoms with Crippen molar-refractivity contribution in [1.29, 1.82) is 0 Å². The molecule has 2 saturated carbocycles. The Balaban J connectivity index is 0.000000181. The first-order valence-electron chi connectivity index (χ1n) is 45.5. The minimum absolute atomic E-state index is 0. The smallest absolute Gasteiger partial charge is 0.426 e. The molecule has 0 bridgehead atoms. The van der Waals surface area contributed by atoms with E-state index in [-0.39, 0.29) is 79.1 Å². The van der Waals surface area contributed by atoms with Gasteiger partial charge in [-0.25, -0.2) is 0 Å². The van der Waals surface area contributed by atoms with Crippen LogP contribution in [0.2, 0.25) is 0 Å². The molecule has 132 heavy (non-hydrogen) atoms. The van der Waals surface area contributed by atoms with E-state index in [1.54, 1.807) is 50.8 Å². The zero-order chi connectivity index (χ0) is 94.1. The lowest BCUT2D eigenvalue weighted by Crippen LogP contribution is -2.58. The quantitative estimate of drug-likeness (QED) is 0.0469. The lowest BCUT2D eigenvalue weighted by Gasteiger charge is -2.41. The number of rotatable bonds is 19. The Bertz CT molecular complexity index is 5170. The minimum Gasteiger partial charge on any atom is -0.481 e. The van der Waals surface area contributed by atoms with Gasteiger partial charge >= 0.3 is 18.3 Å². The number of pyridine rings is 2. The molecular formula is C97H130Cl2F6N16O11. The molecule has 2 atom stereocenters. The summed E-state index contributed by atoms with van der Waals surface area (Å²) < 4.78 is 107. The third-order valence-electron chi connectivity index (χ3n) is 27.5. The maximum Gasteiger partial charge on any atom is 0.426 e. The van der Waals surface area contributed by atoms with Crippen molar-refractivity contribution in [2.24, 2.45) is 23.7 Å². The molecule has 0 spiro atoms. The summed E-state index contributed by atoms with van der Waals surface area (Å²) in [5.74, 6) is 5.07. The van der Waals surface area contributed by atoms with E-state index < -0.39 is 57.6 Å². The van der Waals surface area contributed by atoms with E-state index in [4.69, 9.17) is 27.2 Å². The zero-order valence-corrected chi connectivity index (χ0v) is 79.7. The molecule has 5 N–H and O–H groups in total. The molecule has 35 heteroatoms. The first kappa shape index (κ1) is 106. The van der Waals surface area contributed by atoms with Crippen LogP contribution in [0.15, 0.2) is 162 Å². The molecule has 10 aromatic rings. The molecule has 3 aromatic carbocycles. The summed E-state index contributed by atoms with van der Waals surface area (Å²) in [6.45, 7) is 30.3. The standard InChI is InChI=1S/C20H30F3N3O3.C20H24F3N3O3.C16H27N3O.C16H21N3O.C16H15N3O.C9H11NO2.2ClH/c2*1-18(2,16-25-24-15(29-16)13-7-5-4-6-8-13)14-9-11-26(12-10-14)17(27)19(3,28)20(21,22)23;3*1-16(2,13-8-10-17-11-9-13)15-19-18-14(20-15)12-6-4-3-5-7-12;1-9(2,8(11)12)7-3-5-10-6-4-7;;/h13-14,28H,4-12H2,1-3H3;4-8,14,28H,9-12H2,1-3H3;12-13,17H,3-11H2,1-2H3;3-7,13,17H,8-11H2,1-2H3;3-11H,1-2H3;3-6H,1-2H3,(H,11,12);2*1H/t2*19-;;;;;;/m11....../s1. The van der Waals surface area contributed by atoms with Gasteiger partial charge in [-0.15, -0.1) is 75.8 Å². The molecule has 16 rings (SSSR count). The number of halogens is 8. The highest BCUT2D eigenvalue weighted by Crippen LogP contribution is 2.46. The number of alkyl halides is 6.